The number of aromatic amines is 1. The van der Waals surface area contributed by atoms with Crippen molar-refractivity contribution < 1.29 is 4.79 Å². The summed E-state index contributed by atoms with van der Waals surface area (Å²) in [7, 11) is 1.79. The van der Waals surface area contributed by atoms with Crippen molar-refractivity contribution in [2.45, 2.75) is 13.0 Å². The molecule has 0 aliphatic carbocycles. The van der Waals surface area contributed by atoms with Gasteiger partial charge in [-0.15, -0.1) is 0 Å². The number of rotatable bonds is 4. The minimum absolute atomic E-state index is 0.0904. The highest BCUT2D eigenvalue weighted by Gasteiger charge is 2.10. The van der Waals surface area contributed by atoms with Crippen molar-refractivity contribution in [3.05, 3.63) is 54.1 Å². The van der Waals surface area contributed by atoms with Crippen molar-refractivity contribution in [2.24, 2.45) is 0 Å². The van der Waals surface area contributed by atoms with Gasteiger partial charge in [-0.25, -0.2) is 4.98 Å². The van der Waals surface area contributed by atoms with Crippen LogP contribution in [0, 0.1) is 0 Å². The van der Waals surface area contributed by atoms with Crippen molar-refractivity contribution >= 4 is 5.91 Å². The van der Waals surface area contributed by atoms with Gasteiger partial charge in [0.2, 0.25) is 5.91 Å². The highest BCUT2D eigenvalue weighted by molar-refractivity contribution is 5.78. The third kappa shape index (κ3) is 3.17. The summed E-state index contributed by atoms with van der Waals surface area (Å²) in [5, 5.41) is 0. The summed E-state index contributed by atoms with van der Waals surface area (Å²) in [4.78, 5) is 20.7. The Morgan fingerprint density at radius 2 is 2.12 bits per heavy atom. The third-order valence-electron chi connectivity index (χ3n) is 2.57. The SMILES string of the molecule is CN(Cc1ncc[nH]1)C(=O)Cc1ccccc1. The van der Waals surface area contributed by atoms with Crippen LogP contribution in [-0.2, 0) is 17.8 Å². The maximum absolute atomic E-state index is 11.9. The molecule has 0 radical (unpaired) electrons. The van der Waals surface area contributed by atoms with Gasteiger partial charge in [-0.3, -0.25) is 4.79 Å². The first kappa shape index (κ1) is 11.4. The molecule has 1 amide bonds. The van der Waals surface area contributed by atoms with Gasteiger partial charge in [-0.2, -0.15) is 0 Å². The average molecular weight is 229 g/mol. The molecule has 1 heterocycles. The van der Waals surface area contributed by atoms with Crippen molar-refractivity contribution in [3.63, 3.8) is 0 Å². The summed E-state index contributed by atoms with van der Waals surface area (Å²) in [6, 6.07) is 9.74. The van der Waals surface area contributed by atoms with E-state index in [2.05, 4.69) is 9.97 Å². The van der Waals surface area contributed by atoms with Crippen LogP contribution in [0.5, 0.6) is 0 Å². The van der Waals surface area contributed by atoms with E-state index in [1.807, 2.05) is 30.3 Å². The van der Waals surface area contributed by atoms with Crippen molar-refractivity contribution in [1.29, 1.82) is 0 Å². The standard InChI is InChI=1S/C13H15N3O/c1-16(10-12-14-7-8-15-12)13(17)9-11-5-3-2-4-6-11/h2-8H,9-10H2,1H3,(H,14,15). The van der Waals surface area contributed by atoms with Gasteiger partial charge < -0.3 is 9.88 Å². The number of carbonyl (C=O) groups is 1. The van der Waals surface area contributed by atoms with Crippen molar-refractivity contribution in [2.75, 3.05) is 7.05 Å². The zero-order chi connectivity index (χ0) is 12.1. The fraction of sp³-hybridized carbons (Fsp3) is 0.231. The van der Waals surface area contributed by atoms with Gasteiger partial charge in [0.05, 0.1) is 13.0 Å². The first-order valence-electron chi connectivity index (χ1n) is 5.52. The quantitative estimate of drug-likeness (QED) is 0.866. The Bertz CT molecular complexity index is 465. The summed E-state index contributed by atoms with van der Waals surface area (Å²) in [6.45, 7) is 0.513. The van der Waals surface area contributed by atoms with Crippen LogP contribution in [0.15, 0.2) is 42.7 Å². The van der Waals surface area contributed by atoms with Gasteiger partial charge in [-0.05, 0) is 5.56 Å². The second kappa shape index (κ2) is 5.30. The molecule has 17 heavy (non-hydrogen) atoms. The summed E-state index contributed by atoms with van der Waals surface area (Å²) < 4.78 is 0. The lowest BCUT2D eigenvalue weighted by Gasteiger charge is -2.15. The van der Waals surface area contributed by atoms with E-state index in [9.17, 15) is 4.79 Å². The summed E-state index contributed by atoms with van der Waals surface area (Å²) in [6.07, 6.45) is 3.87. The number of likely N-dealkylation sites (N-methyl/N-ethyl adjacent to an activating group) is 1. The van der Waals surface area contributed by atoms with Crippen LogP contribution < -0.4 is 0 Å². The predicted octanol–water partition coefficient (Wildman–Crippen LogP) is 1.61. The van der Waals surface area contributed by atoms with Crippen molar-refractivity contribution in [1.82, 2.24) is 14.9 Å². The molecular formula is C13H15N3O. The number of aromatic nitrogens is 2. The van der Waals surface area contributed by atoms with Crippen LogP contribution in [-0.4, -0.2) is 27.8 Å². The highest BCUT2D eigenvalue weighted by Crippen LogP contribution is 2.03. The number of hydrogen-bond acceptors (Lipinski definition) is 2. The molecule has 1 N–H and O–H groups in total. The van der Waals surface area contributed by atoms with Crippen molar-refractivity contribution in [3.8, 4) is 0 Å². The number of benzene rings is 1. The molecule has 2 rings (SSSR count). The Labute approximate surface area is 100 Å². The molecule has 0 spiro atoms. The fourth-order valence-corrected chi connectivity index (χ4v) is 1.60. The van der Waals surface area contributed by atoms with Gasteiger partial charge in [0.1, 0.15) is 5.82 Å². The number of nitrogens with one attached hydrogen (secondary N) is 1. The monoisotopic (exact) mass is 229 g/mol. The molecule has 2 aromatic rings. The molecule has 0 aliphatic rings. The largest absolute Gasteiger partial charge is 0.347 e. The molecule has 0 saturated carbocycles. The number of imidazole rings is 1. The van der Waals surface area contributed by atoms with E-state index in [1.54, 1.807) is 24.3 Å². The molecule has 0 saturated heterocycles. The van der Waals surface area contributed by atoms with Gasteiger partial charge in [-0.1, -0.05) is 30.3 Å². The minimum Gasteiger partial charge on any atom is -0.347 e. The van der Waals surface area contributed by atoms with Gasteiger partial charge in [0.15, 0.2) is 0 Å². The molecule has 0 fully saturated rings. The van der Waals surface area contributed by atoms with E-state index in [0.29, 0.717) is 13.0 Å². The topological polar surface area (TPSA) is 49.0 Å². The lowest BCUT2D eigenvalue weighted by atomic mass is 10.1. The second-order valence-corrected chi connectivity index (χ2v) is 3.95. The van der Waals surface area contributed by atoms with E-state index >= 15 is 0 Å². The Morgan fingerprint density at radius 1 is 1.35 bits per heavy atom. The molecule has 0 atom stereocenters. The smallest absolute Gasteiger partial charge is 0.227 e. The third-order valence-corrected chi connectivity index (χ3v) is 2.57. The fourth-order valence-electron chi connectivity index (χ4n) is 1.60. The zero-order valence-corrected chi connectivity index (χ0v) is 9.76. The zero-order valence-electron chi connectivity index (χ0n) is 9.76. The van der Waals surface area contributed by atoms with E-state index in [4.69, 9.17) is 0 Å². The molecule has 0 unspecified atom stereocenters. The Hall–Kier alpha value is -2.10. The molecule has 1 aromatic carbocycles. The van der Waals surface area contributed by atoms with Crippen LogP contribution in [0.1, 0.15) is 11.4 Å². The predicted molar refractivity (Wildman–Crippen MR) is 65.2 cm³/mol. The summed E-state index contributed by atoms with van der Waals surface area (Å²) in [5.74, 6) is 0.890. The summed E-state index contributed by atoms with van der Waals surface area (Å²) in [5.41, 5.74) is 1.03. The highest BCUT2D eigenvalue weighted by atomic mass is 16.2. The molecule has 88 valence electrons. The molecule has 1 aromatic heterocycles. The minimum atomic E-state index is 0.0904. The van der Waals surface area contributed by atoms with Gasteiger partial charge in [0.25, 0.3) is 0 Å². The number of amides is 1. The lowest BCUT2D eigenvalue weighted by molar-refractivity contribution is -0.129. The normalized spacial score (nSPS) is 10.2. The van der Waals surface area contributed by atoms with E-state index in [1.165, 1.54) is 0 Å². The Morgan fingerprint density at radius 3 is 2.76 bits per heavy atom. The molecule has 4 nitrogen and oxygen atoms in total. The lowest BCUT2D eigenvalue weighted by Crippen LogP contribution is -2.28. The number of hydrogen-bond donors (Lipinski definition) is 1. The van der Waals surface area contributed by atoms with E-state index in [0.717, 1.165) is 11.4 Å². The maximum atomic E-state index is 11.9. The Kier molecular flexibility index (Phi) is 3.55. The summed E-state index contributed by atoms with van der Waals surface area (Å²) >= 11 is 0. The molecule has 0 bridgehead atoms. The van der Waals surface area contributed by atoms with Crippen LogP contribution in [0.3, 0.4) is 0 Å². The molecule has 4 heteroatoms. The van der Waals surface area contributed by atoms with Crippen LogP contribution in [0.25, 0.3) is 0 Å². The maximum Gasteiger partial charge on any atom is 0.227 e. The second-order valence-electron chi connectivity index (χ2n) is 3.95. The van der Waals surface area contributed by atoms with Crippen LogP contribution in [0.2, 0.25) is 0 Å². The average Bonchev–Trinajstić information content (AvgIpc) is 2.83. The molecule has 0 aliphatic heterocycles. The molecular weight excluding hydrogens is 214 g/mol. The first-order chi connectivity index (χ1) is 8.25. The van der Waals surface area contributed by atoms with Gasteiger partial charge >= 0.3 is 0 Å². The van der Waals surface area contributed by atoms with E-state index < -0.39 is 0 Å². The first-order valence-corrected chi connectivity index (χ1v) is 5.52. The number of H-pyrrole nitrogens is 1. The van der Waals surface area contributed by atoms with Crippen LogP contribution in [0.4, 0.5) is 0 Å². The van der Waals surface area contributed by atoms with Crippen LogP contribution >= 0.6 is 0 Å². The van der Waals surface area contributed by atoms with Gasteiger partial charge in [0, 0.05) is 19.4 Å². The number of nitrogens with zero attached hydrogens (tertiary/aromatic N) is 2. The number of carbonyl (C=O) groups excluding carboxylic acids is 1. The Balaban J connectivity index is 1.92. The van der Waals surface area contributed by atoms with E-state index in [-0.39, 0.29) is 5.91 Å².